The normalized spacial score (nSPS) is 13.1. The van der Waals surface area contributed by atoms with Crippen molar-refractivity contribution in [1.82, 2.24) is 15.4 Å². The summed E-state index contributed by atoms with van der Waals surface area (Å²) in [4.78, 5) is 39.7. The molecule has 0 amide bonds. The zero-order valence-electron chi connectivity index (χ0n) is 54.9. The summed E-state index contributed by atoms with van der Waals surface area (Å²) in [5.74, 6) is -0.711. The Morgan fingerprint density at radius 2 is 1.15 bits per heavy atom. The second-order valence-electron chi connectivity index (χ2n) is 22.7. The Balaban J connectivity index is 0.0000207. The van der Waals surface area contributed by atoms with Crippen molar-refractivity contribution in [2.24, 2.45) is 0 Å². The van der Waals surface area contributed by atoms with E-state index in [4.69, 9.17) is 22.9 Å². The third-order valence-electron chi connectivity index (χ3n) is 15.8. The summed E-state index contributed by atoms with van der Waals surface area (Å²) in [6.07, 6.45) is 36.7. The average molecular weight is 1300 g/mol. The first kappa shape index (κ1) is 78.5. The fraction of sp³-hybridized carbons (Fsp3) is 0.632. The fourth-order valence-electron chi connectivity index (χ4n) is 10.7. The number of hydrogen-bond acceptors (Lipinski definition) is 15. The van der Waals surface area contributed by atoms with Crippen LogP contribution < -0.4 is 30.6 Å². The van der Waals surface area contributed by atoms with Gasteiger partial charge in [-0.1, -0.05) is 147 Å². The fourth-order valence-corrected chi connectivity index (χ4v) is 13.3. The van der Waals surface area contributed by atoms with Crippen LogP contribution in [0.25, 0.3) is 33.4 Å². The third kappa shape index (κ3) is 29.6. The number of rotatable bonds is 49. The molecule has 21 heteroatoms. The minimum absolute atomic E-state index is 0. The van der Waals surface area contributed by atoms with E-state index < -0.39 is 82.2 Å². The van der Waals surface area contributed by atoms with Crippen LogP contribution in [0, 0.1) is 0 Å². The number of unbranched alkanes of at least 4 members (excludes halogenated alkanes) is 22. The minimum Gasteiger partial charge on any atom is -0.756 e. The number of sulfonamides is 1. The van der Waals surface area contributed by atoms with Gasteiger partial charge in [-0.3, -0.25) is 14.2 Å². The molecule has 18 nitrogen and oxygen atoms in total. The molecule has 89 heavy (non-hydrogen) atoms. The third-order valence-corrected chi connectivity index (χ3v) is 19.1. The number of carbonyl (C=O) groups is 2. The molecule has 0 saturated heterocycles. The molecule has 2 aromatic rings. The van der Waals surface area contributed by atoms with Crippen LogP contribution in [-0.4, -0.2) is 92.0 Å². The summed E-state index contributed by atoms with van der Waals surface area (Å²) in [6, 6.07) is 14.2. The first-order valence-corrected chi connectivity index (χ1v) is 37.5. The van der Waals surface area contributed by atoms with Crippen LogP contribution in [0.3, 0.4) is 0 Å². The molecule has 1 heterocycles. The number of nitrogens with one attached hydrogen (secondary N) is 1. The van der Waals surface area contributed by atoms with Gasteiger partial charge in [0.25, 0.3) is 7.82 Å². The number of esters is 2. The van der Waals surface area contributed by atoms with Gasteiger partial charge >= 0.3 is 11.9 Å². The zero-order chi connectivity index (χ0) is 64.1. The number of ether oxygens (including phenoxy) is 2. The number of fused-ring (bicyclic) bond motifs is 2. The van der Waals surface area contributed by atoms with Gasteiger partial charge in [-0.25, -0.2) is 26.1 Å². The largest absolute Gasteiger partial charge is 0.756 e. The number of phosphoric acid groups is 1. The van der Waals surface area contributed by atoms with Crippen molar-refractivity contribution < 1.29 is 63.4 Å². The molecule has 2 atom stereocenters. The first-order chi connectivity index (χ1) is 42.4. The van der Waals surface area contributed by atoms with E-state index in [1.165, 1.54) is 83.1 Å². The van der Waals surface area contributed by atoms with Crippen molar-refractivity contribution in [2.75, 3.05) is 57.4 Å². The van der Waals surface area contributed by atoms with Crippen LogP contribution in [0.15, 0.2) is 93.1 Å². The average Bonchev–Trinajstić information content (AvgIpc) is 0.788. The first-order valence-electron chi connectivity index (χ1n) is 33.1. The summed E-state index contributed by atoms with van der Waals surface area (Å²) in [7, 11) is -15.1. The molecule has 502 valence electrons. The van der Waals surface area contributed by atoms with Crippen LogP contribution in [0.4, 0.5) is 5.69 Å². The topological polar surface area (TPSA) is 270 Å². The molecule has 4 rings (SSSR count). The molecule has 1 aliphatic carbocycles. The van der Waals surface area contributed by atoms with E-state index in [-0.39, 0.29) is 24.6 Å². The lowest BCUT2D eigenvalue weighted by Crippen LogP contribution is -2.31. The van der Waals surface area contributed by atoms with Crippen LogP contribution >= 0.6 is 7.82 Å². The molecule has 0 radical (unpaired) electrons. The van der Waals surface area contributed by atoms with Gasteiger partial charge in [0.2, 0.25) is 15.4 Å². The summed E-state index contributed by atoms with van der Waals surface area (Å²) in [5.41, 5.74) is 2.07. The van der Waals surface area contributed by atoms with E-state index in [0.717, 1.165) is 100 Å². The van der Waals surface area contributed by atoms with E-state index >= 15 is 0 Å². The van der Waals surface area contributed by atoms with Gasteiger partial charge in [-0.05, 0) is 122 Å². The molecule has 0 saturated carbocycles. The van der Waals surface area contributed by atoms with E-state index in [9.17, 15) is 40.4 Å². The van der Waals surface area contributed by atoms with E-state index in [1.54, 1.807) is 12.1 Å². The summed E-state index contributed by atoms with van der Waals surface area (Å²) in [6.45, 7) is 12.8. The number of hydrogen-bond donors (Lipinski definition) is 2. The minimum atomic E-state index is -5.34. The molecule has 0 fully saturated rings. The maximum Gasteiger partial charge on any atom is 0.306 e. The highest BCUT2D eigenvalue weighted by Crippen LogP contribution is 2.44. The van der Waals surface area contributed by atoms with Gasteiger partial charge in [-0.2, -0.15) is 0 Å². The predicted octanol–water partition coefficient (Wildman–Crippen LogP) is 15.5. The molecule has 1 aliphatic heterocycles. The lowest BCUT2D eigenvalue weighted by atomic mass is 9.93. The molecule has 1 unspecified atom stereocenters. The quantitative estimate of drug-likeness (QED) is 0.00791. The smallest absolute Gasteiger partial charge is 0.306 e. The SMILES string of the molecule is CCCCCCCC/C=C/CCCCCCCC(=O)OC[C@H](COP(=O)([O-])OCCNS(=O)(=O)c1ccc(-c2c3ccc(=[N+](CC)CC)cc-3oc3cc(N(CC)CC)ccc23)c(S(=O)(=O)[O-])c1)OC(=O)CCCCCCC/C=C/CCCCCCCC.[NH4+]. The number of phosphoric ester groups is 1. The second-order valence-corrected chi connectivity index (χ2v) is 27.3. The van der Waals surface area contributed by atoms with Crippen molar-refractivity contribution in [2.45, 2.75) is 237 Å². The van der Waals surface area contributed by atoms with Crippen molar-refractivity contribution in [1.29, 1.82) is 0 Å². The highest BCUT2D eigenvalue weighted by atomic mass is 32.2. The number of nitrogens with zero attached hydrogens (tertiary/aromatic N) is 2. The highest BCUT2D eigenvalue weighted by molar-refractivity contribution is 7.89. The Labute approximate surface area is 534 Å². The van der Waals surface area contributed by atoms with Crippen molar-refractivity contribution in [3.05, 3.63) is 84.3 Å². The maximum absolute atomic E-state index is 13.7. The van der Waals surface area contributed by atoms with Crippen molar-refractivity contribution in [3.63, 3.8) is 0 Å². The van der Waals surface area contributed by atoms with Crippen LogP contribution in [0.5, 0.6) is 0 Å². The molecule has 0 aromatic heterocycles. The Morgan fingerprint density at radius 3 is 1.67 bits per heavy atom. The maximum atomic E-state index is 13.7. The second kappa shape index (κ2) is 43.9. The predicted molar refractivity (Wildman–Crippen MR) is 357 cm³/mol. The van der Waals surface area contributed by atoms with Gasteiger partial charge in [0, 0.05) is 72.4 Å². The number of allylic oxidation sites excluding steroid dienone is 4. The Hall–Kier alpha value is -4.76. The van der Waals surface area contributed by atoms with Crippen LogP contribution in [0.1, 0.15) is 221 Å². The molecule has 2 aliphatic rings. The Bertz CT molecular complexity index is 3070. The molecule has 5 N–H and O–H groups in total. The zero-order valence-corrected chi connectivity index (χ0v) is 57.4. The Kier molecular flexibility index (Phi) is 38.7. The van der Waals surface area contributed by atoms with Crippen molar-refractivity contribution >= 4 is 56.6 Å². The summed E-state index contributed by atoms with van der Waals surface area (Å²) >= 11 is 0. The van der Waals surface area contributed by atoms with Crippen LogP contribution in [0.2, 0.25) is 0 Å². The molecule has 0 bridgehead atoms. The summed E-state index contributed by atoms with van der Waals surface area (Å²) in [5, 5.41) is 1.35. The van der Waals surface area contributed by atoms with Gasteiger partial charge in [0.15, 0.2) is 6.10 Å². The van der Waals surface area contributed by atoms with Gasteiger partial charge in [0.05, 0.1) is 29.1 Å². The molecule has 2 aromatic carbocycles. The van der Waals surface area contributed by atoms with Crippen molar-refractivity contribution in [3.8, 4) is 22.5 Å². The van der Waals surface area contributed by atoms with Crippen LogP contribution in [-0.2, 0) is 52.8 Å². The van der Waals surface area contributed by atoms with Gasteiger partial charge in [0.1, 0.15) is 41.2 Å². The van der Waals surface area contributed by atoms with E-state index in [1.807, 2.05) is 52.0 Å². The summed E-state index contributed by atoms with van der Waals surface area (Å²) < 4.78 is 112. The molecule has 0 spiro atoms. The molecular formula is C68H109N4O14PS2. The Morgan fingerprint density at radius 1 is 0.629 bits per heavy atom. The monoisotopic (exact) mass is 1300 g/mol. The number of anilines is 1. The number of carbonyl (C=O) groups excluding carboxylic acids is 2. The number of quaternary nitrogens is 1. The van der Waals surface area contributed by atoms with Gasteiger partial charge in [-0.15, -0.1) is 0 Å². The highest BCUT2D eigenvalue weighted by Gasteiger charge is 2.26. The lowest BCUT2D eigenvalue weighted by Gasteiger charge is -2.25. The lowest BCUT2D eigenvalue weighted by molar-refractivity contribution is -0.228. The van der Waals surface area contributed by atoms with E-state index in [0.29, 0.717) is 66.9 Å². The molecular weight excluding hydrogens is 1190 g/mol. The van der Waals surface area contributed by atoms with E-state index in [2.05, 4.69) is 52.3 Å². The number of benzene rings is 3. The standard InChI is InChI=1S/C68H106N3O14PS2.H3N/c1-7-13-15-17-19-21-23-25-27-29-31-33-35-37-39-41-66(72)81-54-58(84-67(73)42-40-38-36-34-32-30-28-26-24-22-20-18-16-14-8-2)55-83-86(74,75)82-50-49-69-87(76,77)59-45-48-62(65(53-59)88(78,79)80)68-60-46-43-56(70(9-3)10-4)51-63(60)85-64-52-57(44-47-61(64)68)71(11-5)12-6;/h25-28,43-48,51-53,58,69H,7-24,29-42,49-50,54-55H2,1-6H3,(H-,74,75,78,79,80);1H3/b27-25+,28-26+;/t58-;/m1./s1. The van der Waals surface area contributed by atoms with Gasteiger partial charge < -0.3 is 43.4 Å².